The maximum Gasteiger partial charge on any atom is 0.253 e. The van der Waals surface area contributed by atoms with E-state index >= 15 is 0 Å². The third kappa shape index (κ3) is 3.95. The molecule has 0 radical (unpaired) electrons. The lowest BCUT2D eigenvalue weighted by atomic mass is 10.1. The predicted octanol–water partition coefficient (Wildman–Crippen LogP) is 2.68. The Kier molecular flexibility index (Phi) is 5.15. The summed E-state index contributed by atoms with van der Waals surface area (Å²) in [5.41, 5.74) is 0.469. The van der Waals surface area contributed by atoms with Gasteiger partial charge in [-0.25, -0.2) is 4.39 Å². The molecule has 110 valence electrons. The molecule has 0 bridgehead atoms. The molecule has 0 fully saturated rings. The number of benzene rings is 2. The zero-order chi connectivity index (χ0) is 15.1. The van der Waals surface area contributed by atoms with Crippen LogP contribution in [0.15, 0.2) is 48.5 Å². The third-order valence-corrected chi connectivity index (χ3v) is 2.91. The Hall–Kier alpha value is -2.56. The van der Waals surface area contributed by atoms with Crippen LogP contribution in [-0.2, 0) is 0 Å². The molecule has 2 aromatic carbocycles. The minimum absolute atomic E-state index is 0.193. The van der Waals surface area contributed by atoms with Crippen LogP contribution in [0.1, 0.15) is 10.4 Å². The van der Waals surface area contributed by atoms with Gasteiger partial charge in [0, 0.05) is 7.05 Å². The molecule has 5 heteroatoms. The van der Waals surface area contributed by atoms with E-state index in [2.05, 4.69) is 10.6 Å². The zero-order valence-electron chi connectivity index (χ0n) is 11.7. The molecule has 0 aliphatic rings. The molecule has 2 aromatic rings. The van der Waals surface area contributed by atoms with Crippen LogP contribution in [0.5, 0.6) is 5.75 Å². The molecular formula is C16H17FN2O2. The number of hydrogen-bond donors (Lipinski definition) is 2. The number of carbonyl (C=O) groups is 1. The van der Waals surface area contributed by atoms with Gasteiger partial charge in [-0.3, -0.25) is 4.79 Å². The monoisotopic (exact) mass is 288 g/mol. The summed E-state index contributed by atoms with van der Waals surface area (Å²) in [4.78, 5) is 12.0. The normalized spacial score (nSPS) is 10.0. The van der Waals surface area contributed by atoms with Crippen LogP contribution in [0.4, 0.5) is 10.1 Å². The van der Waals surface area contributed by atoms with Crippen molar-refractivity contribution < 1.29 is 13.9 Å². The van der Waals surface area contributed by atoms with Crippen molar-refractivity contribution in [2.75, 3.05) is 25.5 Å². The molecule has 0 spiro atoms. The number of ether oxygens (including phenoxy) is 1. The fraction of sp³-hybridized carbons (Fsp3) is 0.188. The highest BCUT2D eigenvalue weighted by molar-refractivity contribution is 5.99. The molecule has 2 rings (SSSR count). The van der Waals surface area contributed by atoms with Gasteiger partial charge in [-0.1, -0.05) is 24.3 Å². The van der Waals surface area contributed by atoms with Crippen molar-refractivity contribution in [2.45, 2.75) is 0 Å². The van der Waals surface area contributed by atoms with Crippen molar-refractivity contribution >= 4 is 11.6 Å². The largest absolute Gasteiger partial charge is 0.492 e. The number of nitrogens with one attached hydrogen (secondary N) is 2. The average Bonchev–Trinajstić information content (AvgIpc) is 2.52. The van der Waals surface area contributed by atoms with Crippen LogP contribution >= 0.6 is 0 Å². The topological polar surface area (TPSA) is 50.4 Å². The number of anilines is 1. The first kappa shape index (κ1) is 14.8. The Morgan fingerprint density at radius 2 is 1.90 bits per heavy atom. The highest BCUT2D eigenvalue weighted by atomic mass is 19.1. The van der Waals surface area contributed by atoms with Crippen LogP contribution in [-0.4, -0.2) is 26.1 Å². The molecule has 1 amide bonds. The molecule has 0 saturated heterocycles. The molecule has 0 aromatic heterocycles. The number of hydrogen-bond acceptors (Lipinski definition) is 3. The Bertz CT molecular complexity index is 602. The van der Waals surface area contributed by atoms with Gasteiger partial charge >= 0.3 is 0 Å². The molecule has 0 aliphatic carbocycles. The molecule has 0 heterocycles. The lowest BCUT2D eigenvalue weighted by Gasteiger charge is -2.11. The predicted molar refractivity (Wildman–Crippen MR) is 80.2 cm³/mol. The summed E-state index contributed by atoms with van der Waals surface area (Å²) in [5.74, 6) is -0.0467. The maximum atomic E-state index is 13.6. The Balaban J connectivity index is 1.86. The van der Waals surface area contributed by atoms with Crippen molar-refractivity contribution in [2.24, 2.45) is 0 Å². The van der Waals surface area contributed by atoms with E-state index in [0.717, 1.165) is 5.75 Å². The van der Waals surface area contributed by atoms with E-state index in [4.69, 9.17) is 4.74 Å². The summed E-state index contributed by atoms with van der Waals surface area (Å²) in [6.45, 7) is 0.688. The van der Waals surface area contributed by atoms with Crippen LogP contribution in [0.2, 0.25) is 0 Å². The van der Waals surface area contributed by atoms with E-state index in [1.807, 2.05) is 30.3 Å². The second kappa shape index (κ2) is 7.28. The Morgan fingerprint density at radius 1 is 1.14 bits per heavy atom. The number of para-hydroxylation sites is 2. The minimum atomic E-state index is -0.453. The first-order chi connectivity index (χ1) is 10.2. The van der Waals surface area contributed by atoms with E-state index in [-0.39, 0.29) is 17.2 Å². The van der Waals surface area contributed by atoms with Gasteiger partial charge in [0.15, 0.2) is 0 Å². The van der Waals surface area contributed by atoms with Gasteiger partial charge in [0.05, 0.1) is 17.8 Å². The first-order valence-corrected chi connectivity index (χ1v) is 6.64. The van der Waals surface area contributed by atoms with Gasteiger partial charge in [0.1, 0.15) is 18.2 Å². The lowest BCUT2D eigenvalue weighted by molar-refractivity contribution is 0.0947. The zero-order valence-corrected chi connectivity index (χ0v) is 11.7. The molecule has 0 saturated carbocycles. The van der Waals surface area contributed by atoms with Crippen molar-refractivity contribution in [3.63, 3.8) is 0 Å². The van der Waals surface area contributed by atoms with Crippen LogP contribution < -0.4 is 15.4 Å². The molecular weight excluding hydrogens is 271 g/mol. The van der Waals surface area contributed by atoms with E-state index in [9.17, 15) is 9.18 Å². The lowest BCUT2D eigenvalue weighted by Crippen LogP contribution is -2.28. The van der Waals surface area contributed by atoms with Gasteiger partial charge < -0.3 is 15.4 Å². The average molecular weight is 288 g/mol. The molecule has 21 heavy (non-hydrogen) atoms. The quantitative estimate of drug-likeness (QED) is 0.804. The van der Waals surface area contributed by atoms with Gasteiger partial charge in [-0.2, -0.15) is 0 Å². The minimum Gasteiger partial charge on any atom is -0.492 e. The Labute approximate surface area is 122 Å². The molecule has 2 N–H and O–H groups in total. The number of halogens is 1. The third-order valence-electron chi connectivity index (χ3n) is 2.91. The van der Waals surface area contributed by atoms with Crippen LogP contribution in [0, 0.1) is 5.82 Å². The van der Waals surface area contributed by atoms with Gasteiger partial charge in [-0.15, -0.1) is 0 Å². The van der Waals surface area contributed by atoms with E-state index in [0.29, 0.717) is 13.2 Å². The molecule has 0 aliphatic heterocycles. The van der Waals surface area contributed by atoms with Crippen LogP contribution in [0.3, 0.4) is 0 Å². The van der Waals surface area contributed by atoms with Gasteiger partial charge in [0.2, 0.25) is 0 Å². The fourth-order valence-corrected chi connectivity index (χ4v) is 1.91. The van der Waals surface area contributed by atoms with Crippen molar-refractivity contribution in [3.05, 3.63) is 59.9 Å². The van der Waals surface area contributed by atoms with Crippen molar-refractivity contribution in [1.82, 2.24) is 5.32 Å². The number of rotatable bonds is 6. The van der Waals surface area contributed by atoms with E-state index in [1.165, 1.54) is 12.1 Å². The van der Waals surface area contributed by atoms with Crippen LogP contribution in [0.25, 0.3) is 0 Å². The molecule has 4 nitrogen and oxygen atoms in total. The first-order valence-electron chi connectivity index (χ1n) is 6.64. The van der Waals surface area contributed by atoms with E-state index < -0.39 is 5.82 Å². The van der Waals surface area contributed by atoms with Crippen molar-refractivity contribution in [3.8, 4) is 5.75 Å². The molecule has 0 unspecified atom stereocenters. The number of carbonyl (C=O) groups excluding carboxylic acids is 1. The van der Waals surface area contributed by atoms with Gasteiger partial charge in [-0.05, 0) is 24.3 Å². The summed E-state index contributed by atoms with van der Waals surface area (Å²) < 4.78 is 19.0. The van der Waals surface area contributed by atoms with E-state index in [1.54, 1.807) is 13.1 Å². The standard InChI is InChI=1S/C16H17FN2O2/c1-18-15-13(8-5-9-14(15)17)16(20)19-10-11-21-12-6-3-2-4-7-12/h2-9,18H,10-11H2,1H3,(H,19,20). The SMILES string of the molecule is CNc1c(F)cccc1C(=O)NCCOc1ccccc1. The highest BCUT2D eigenvalue weighted by Gasteiger charge is 2.13. The smallest absolute Gasteiger partial charge is 0.253 e. The highest BCUT2D eigenvalue weighted by Crippen LogP contribution is 2.18. The second-order valence-corrected chi connectivity index (χ2v) is 4.33. The maximum absolute atomic E-state index is 13.6. The summed E-state index contributed by atoms with van der Waals surface area (Å²) in [5, 5.41) is 5.39. The fourth-order valence-electron chi connectivity index (χ4n) is 1.91. The Morgan fingerprint density at radius 3 is 2.62 bits per heavy atom. The summed E-state index contributed by atoms with van der Waals surface area (Å²) in [6, 6.07) is 13.7. The second-order valence-electron chi connectivity index (χ2n) is 4.33. The molecule has 0 atom stereocenters. The summed E-state index contributed by atoms with van der Waals surface area (Å²) in [7, 11) is 1.58. The van der Waals surface area contributed by atoms with Gasteiger partial charge in [0.25, 0.3) is 5.91 Å². The summed E-state index contributed by atoms with van der Waals surface area (Å²) in [6.07, 6.45) is 0. The van der Waals surface area contributed by atoms with Crippen molar-refractivity contribution in [1.29, 1.82) is 0 Å². The summed E-state index contributed by atoms with van der Waals surface area (Å²) >= 11 is 0. The number of amides is 1.